The summed E-state index contributed by atoms with van der Waals surface area (Å²) in [5.41, 5.74) is 5.45. The molecule has 0 spiro atoms. The molecule has 1 N–H and O–H groups in total. The Balaban J connectivity index is 1.33. The summed E-state index contributed by atoms with van der Waals surface area (Å²) in [5.74, 6) is 6.73. The van der Waals surface area contributed by atoms with Crippen LogP contribution in [0.15, 0.2) is 48.9 Å². The summed E-state index contributed by atoms with van der Waals surface area (Å²) in [6.07, 6.45) is 5.84. The van der Waals surface area contributed by atoms with Crippen molar-refractivity contribution in [1.82, 2.24) is 14.5 Å². The van der Waals surface area contributed by atoms with Crippen molar-refractivity contribution < 1.29 is 9.59 Å². The highest BCUT2D eigenvalue weighted by Crippen LogP contribution is 2.33. The van der Waals surface area contributed by atoms with E-state index in [1.54, 1.807) is 30.7 Å². The highest BCUT2D eigenvalue weighted by Gasteiger charge is 2.32. The largest absolute Gasteiger partial charge is 0.334 e. The molecule has 1 aliphatic carbocycles. The number of amides is 2. The number of anilines is 1. The zero-order valence-electron chi connectivity index (χ0n) is 18.2. The van der Waals surface area contributed by atoms with Gasteiger partial charge in [-0.2, -0.15) is 0 Å². The maximum atomic E-state index is 12.9. The zero-order chi connectivity index (χ0) is 22.2. The molecule has 160 valence electrons. The van der Waals surface area contributed by atoms with Gasteiger partial charge in [-0.15, -0.1) is 0 Å². The number of aromatic nitrogens is 2. The smallest absolute Gasteiger partial charge is 0.255 e. The molecule has 0 saturated heterocycles. The predicted molar refractivity (Wildman–Crippen MR) is 122 cm³/mol. The number of carbonyl (C=O) groups excluding carboxylic acids is 2. The van der Waals surface area contributed by atoms with Crippen molar-refractivity contribution in [3.05, 3.63) is 82.4 Å². The lowest BCUT2D eigenvalue weighted by atomic mass is 10.0. The van der Waals surface area contributed by atoms with Crippen molar-refractivity contribution in [2.45, 2.75) is 26.3 Å². The van der Waals surface area contributed by atoms with Gasteiger partial charge in [-0.1, -0.05) is 18.1 Å². The minimum Gasteiger partial charge on any atom is -0.334 e. The number of aryl methyl sites for hydroxylation is 2. The third-order valence-electron chi connectivity index (χ3n) is 6.06. The van der Waals surface area contributed by atoms with E-state index >= 15 is 0 Å². The molecule has 6 heteroatoms. The average Bonchev–Trinajstić information content (AvgIpc) is 3.43. The fourth-order valence-corrected chi connectivity index (χ4v) is 3.91. The second-order valence-electron chi connectivity index (χ2n) is 8.62. The van der Waals surface area contributed by atoms with Crippen molar-refractivity contribution in [2.75, 3.05) is 11.9 Å². The van der Waals surface area contributed by atoms with Crippen LogP contribution < -0.4 is 5.32 Å². The van der Waals surface area contributed by atoms with Crippen LogP contribution in [0.4, 0.5) is 5.69 Å². The highest BCUT2D eigenvalue weighted by atomic mass is 16.2. The molecule has 2 heterocycles. The molecular weight excluding hydrogens is 400 g/mol. The lowest BCUT2D eigenvalue weighted by Crippen LogP contribution is -2.26. The summed E-state index contributed by atoms with van der Waals surface area (Å²) < 4.78 is 1.85. The Bertz CT molecular complexity index is 1290. The maximum absolute atomic E-state index is 12.9. The van der Waals surface area contributed by atoms with E-state index in [9.17, 15) is 9.59 Å². The normalized spacial score (nSPS) is 14.7. The number of nitrogens with one attached hydrogen (secondary N) is 1. The molecule has 5 rings (SSSR count). The molecule has 0 unspecified atom stereocenters. The van der Waals surface area contributed by atoms with Crippen LogP contribution in [0.3, 0.4) is 0 Å². The van der Waals surface area contributed by atoms with Crippen LogP contribution >= 0.6 is 0 Å². The lowest BCUT2D eigenvalue weighted by Gasteiger charge is -2.14. The minimum absolute atomic E-state index is 0.0612. The number of nitrogens with zero attached hydrogens (tertiary/aromatic N) is 3. The SMILES string of the molecule is Cc1ccc(C(=O)Nc2ccc3c(c2)C(=O)N(CC2CC2)C3)cc1C#Cc1cncn1C. The highest BCUT2D eigenvalue weighted by molar-refractivity contribution is 6.06. The van der Waals surface area contributed by atoms with Crippen LogP contribution in [0.5, 0.6) is 0 Å². The summed E-state index contributed by atoms with van der Waals surface area (Å²) in [6, 6.07) is 11.1. The van der Waals surface area contributed by atoms with Gasteiger partial charge in [0.1, 0.15) is 5.69 Å². The molecule has 1 fully saturated rings. The molecule has 6 nitrogen and oxygen atoms in total. The quantitative estimate of drug-likeness (QED) is 0.649. The molecule has 2 amide bonds. The van der Waals surface area contributed by atoms with Gasteiger partial charge in [0.05, 0.1) is 12.5 Å². The number of carbonyl (C=O) groups is 2. The first-order valence-electron chi connectivity index (χ1n) is 10.8. The Morgan fingerprint density at radius 3 is 2.78 bits per heavy atom. The number of benzene rings is 2. The maximum Gasteiger partial charge on any atom is 0.255 e. The van der Waals surface area contributed by atoms with Gasteiger partial charge in [0, 0.05) is 42.5 Å². The number of imidazole rings is 1. The van der Waals surface area contributed by atoms with Crippen molar-refractivity contribution >= 4 is 17.5 Å². The standard InChI is InChI=1S/C26H24N4O2/c1-17-3-6-20(11-19(17)8-10-23-13-27-16-29(23)2)25(31)28-22-9-7-21-15-30(14-18-4-5-18)26(32)24(21)12-22/h3,6-7,9,11-13,16,18H,4-5,14-15H2,1-2H3,(H,28,31). The molecular formula is C26H24N4O2. The van der Waals surface area contributed by atoms with E-state index in [1.807, 2.05) is 41.6 Å². The molecule has 3 aromatic rings. The van der Waals surface area contributed by atoms with Gasteiger partial charge >= 0.3 is 0 Å². The second kappa shape index (κ2) is 8.01. The third-order valence-corrected chi connectivity index (χ3v) is 6.06. The van der Waals surface area contributed by atoms with E-state index in [-0.39, 0.29) is 11.8 Å². The summed E-state index contributed by atoms with van der Waals surface area (Å²) in [7, 11) is 1.89. The first-order valence-corrected chi connectivity index (χ1v) is 10.8. The fraction of sp³-hybridized carbons (Fsp3) is 0.269. The zero-order valence-corrected chi connectivity index (χ0v) is 18.2. The first-order chi connectivity index (χ1) is 15.5. The van der Waals surface area contributed by atoms with Gasteiger partial charge in [0.15, 0.2) is 0 Å². The van der Waals surface area contributed by atoms with E-state index < -0.39 is 0 Å². The Kier molecular flexibility index (Phi) is 5.02. The van der Waals surface area contributed by atoms with Crippen LogP contribution in [-0.4, -0.2) is 32.8 Å². The van der Waals surface area contributed by atoms with Crippen LogP contribution in [-0.2, 0) is 13.6 Å². The molecule has 0 bridgehead atoms. The van der Waals surface area contributed by atoms with Crippen molar-refractivity contribution in [3.63, 3.8) is 0 Å². The number of hydrogen-bond acceptors (Lipinski definition) is 3. The summed E-state index contributed by atoms with van der Waals surface area (Å²) in [4.78, 5) is 31.6. The van der Waals surface area contributed by atoms with Gasteiger partial charge in [0.2, 0.25) is 0 Å². The monoisotopic (exact) mass is 424 g/mol. The number of rotatable bonds is 4. The van der Waals surface area contributed by atoms with Crippen molar-refractivity contribution in [3.8, 4) is 11.8 Å². The average molecular weight is 425 g/mol. The molecule has 1 aromatic heterocycles. The molecule has 1 saturated carbocycles. The lowest BCUT2D eigenvalue weighted by molar-refractivity contribution is 0.0770. The van der Waals surface area contributed by atoms with Gasteiger partial charge in [0.25, 0.3) is 11.8 Å². The number of hydrogen-bond donors (Lipinski definition) is 1. The first kappa shape index (κ1) is 20.1. The Hall–Kier alpha value is -3.85. The van der Waals surface area contributed by atoms with Crippen LogP contribution in [0.25, 0.3) is 0 Å². The van der Waals surface area contributed by atoms with Crippen LogP contribution in [0.1, 0.15) is 55.9 Å². The fourth-order valence-electron chi connectivity index (χ4n) is 3.91. The molecule has 2 aliphatic rings. The van der Waals surface area contributed by atoms with Gasteiger partial charge < -0.3 is 14.8 Å². The summed E-state index contributed by atoms with van der Waals surface area (Å²) in [6.45, 7) is 3.46. The summed E-state index contributed by atoms with van der Waals surface area (Å²) >= 11 is 0. The van der Waals surface area contributed by atoms with Gasteiger partial charge in [-0.05, 0) is 67.0 Å². The van der Waals surface area contributed by atoms with E-state index in [0.29, 0.717) is 29.3 Å². The topological polar surface area (TPSA) is 67.2 Å². The van der Waals surface area contributed by atoms with Crippen molar-refractivity contribution in [2.24, 2.45) is 13.0 Å². The van der Waals surface area contributed by atoms with Crippen molar-refractivity contribution in [1.29, 1.82) is 0 Å². The molecule has 2 aromatic carbocycles. The van der Waals surface area contributed by atoms with E-state index in [0.717, 1.165) is 28.9 Å². The Morgan fingerprint density at radius 1 is 1.19 bits per heavy atom. The second-order valence-corrected chi connectivity index (χ2v) is 8.62. The Labute approximate surface area is 187 Å². The molecule has 32 heavy (non-hydrogen) atoms. The van der Waals surface area contributed by atoms with E-state index in [4.69, 9.17) is 0 Å². The van der Waals surface area contributed by atoms with Gasteiger partial charge in [-0.3, -0.25) is 9.59 Å². The van der Waals surface area contributed by atoms with Crippen LogP contribution in [0, 0.1) is 24.7 Å². The minimum atomic E-state index is -0.228. The van der Waals surface area contributed by atoms with Gasteiger partial charge in [-0.25, -0.2) is 4.98 Å². The van der Waals surface area contributed by atoms with Crippen LogP contribution in [0.2, 0.25) is 0 Å². The van der Waals surface area contributed by atoms with E-state index in [2.05, 4.69) is 22.1 Å². The summed E-state index contributed by atoms with van der Waals surface area (Å²) in [5, 5.41) is 2.93. The third kappa shape index (κ3) is 4.02. The molecule has 0 radical (unpaired) electrons. The Morgan fingerprint density at radius 2 is 2.03 bits per heavy atom. The molecule has 0 atom stereocenters. The number of fused-ring (bicyclic) bond motifs is 1. The molecule has 1 aliphatic heterocycles. The van der Waals surface area contributed by atoms with E-state index in [1.165, 1.54) is 12.8 Å². The predicted octanol–water partition coefficient (Wildman–Crippen LogP) is 3.75.